The van der Waals surface area contributed by atoms with Gasteiger partial charge in [-0.15, -0.1) is 0 Å². The van der Waals surface area contributed by atoms with Crippen molar-refractivity contribution in [2.24, 2.45) is 5.92 Å². The van der Waals surface area contributed by atoms with Crippen molar-refractivity contribution >= 4 is 12.1 Å². The van der Waals surface area contributed by atoms with Gasteiger partial charge in [-0.05, 0) is 32.6 Å². The average molecular weight is 245 g/mol. The summed E-state index contributed by atoms with van der Waals surface area (Å²) in [6.07, 6.45) is 0.524. The van der Waals surface area contributed by atoms with Gasteiger partial charge >= 0.3 is 12.1 Å². The molecule has 0 aromatic rings. The Morgan fingerprint density at radius 3 is 2.29 bits per heavy atom. The van der Waals surface area contributed by atoms with E-state index in [1.54, 1.807) is 0 Å². The third kappa shape index (κ3) is 3.89. The van der Waals surface area contributed by atoms with Crippen molar-refractivity contribution in [2.45, 2.75) is 44.9 Å². The lowest BCUT2D eigenvalue weighted by atomic mass is 9.86. The van der Waals surface area contributed by atoms with Crippen LogP contribution in [0.25, 0.3) is 0 Å². The van der Waals surface area contributed by atoms with Crippen molar-refractivity contribution in [3.63, 3.8) is 0 Å². The highest BCUT2D eigenvalue weighted by molar-refractivity contribution is 5.80. The predicted molar refractivity (Wildman–Crippen MR) is 59.7 cm³/mol. The Hall–Kier alpha value is -1.30. The molecule has 1 saturated heterocycles. The van der Waals surface area contributed by atoms with E-state index in [2.05, 4.69) is 10.1 Å². The molecule has 0 bridgehead atoms. The highest BCUT2D eigenvalue weighted by atomic mass is 16.5. The van der Waals surface area contributed by atoms with Crippen molar-refractivity contribution in [3.05, 3.63) is 0 Å². The number of amides is 1. The normalized spacial score (nSPS) is 30.4. The van der Waals surface area contributed by atoms with E-state index in [0.29, 0.717) is 12.8 Å². The number of aliphatic carboxylic acids is 1. The van der Waals surface area contributed by atoms with E-state index in [4.69, 9.17) is 9.84 Å². The highest BCUT2D eigenvalue weighted by Gasteiger charge is 2.35. The fraction of sp³-hybridized carbons (Fsp3) is 0.818. The Morgan fingerprint density at radius 2 is 1.88 bits per heavy atom. The van der Waals surface area contributed by atoms with Gasteiger partial charge in [-0.2, -0.15) is 0 Å². The van der Waals surface area contributed by atoms with E-state index in [1.807, 2.05) is 13.8 Å². The Kier molecular flexibility index (Phi) is 4.74. The first-order chi connectivity index (χ1) is 7.93. The molecule has 0 aliphatic carbocycles. The van der Waals surface area contributed by atoms with Gasteiger partial charge in [-0.3, -0.25) is 0 Å². The lowest BCUT2D eigenvalue weighted by molar-refractivity contribution is -0.143. The third-order valence-corrected chi connectivity index (χ3v) is 2.93. The number of nitrogens with one attached hydrogen (secondary N) is 1. The second-order valence-corrected chi connectivity index (χ2v) is 4.44. The number of methoxy groups -OCH3 is 1. The maximum Gasteiger partial charge on any atom is 0.407 e. The minimum absolute atomic E-state index is 0.00467. The standard InChI is InChI=1S/C11H19NO5/c1-6-4-8(5-7(2)17-6)9(10(13)14)12-11(15)16-3/h6-9H,4-5H2,1-3H3,(H,12,15)(H,13,14). The van der Waals surface area contributed by atoms with Crippen LogP contribution in [0.4, 0.5) is 4.79 Å². The first kappa shape index (κ1) is 13.8. The molecule has 0 aromatic carbocycles. The highest BCUT2D eigenvalue weighted by Crippen LogP contribution is 2.27. The van der Waals surface area contributed by atoms with Crippen LogP contribution in [-0.2, 0) is 14.3 Å². The summed E-state index contributed by atoms with van der Waals surface area (Å²) in [4.78, 5) is 22.3. The molecule has 6 heteroatoms. The van der Waals surface area contributed by atoms with E-state index >= 15 is 0 Å². The molecule has 98 valence electrons. The van der Waals surface area contributed by atoms with Gasteiger partial charge in [0.2, 0.25) is 0 Å². The minimum atomic E-state index is -1.04. The zero-order valence-corrected chi connectivity index (χ0v) is 10.3. The summed E-state index contributed by atoms with van der Waals surface area (Å²) in [6, 6.07) is -0.920. The molecular weight excluding hydrogens is 226 g/mol. The molecule has 3 atom stereocenters. The Bertz CT molecular complexity index is 284. The van der Waals surface area contributed by atoms with E-state index in [0.717, 1.165) is 0 Å². The van der Waals surface area contributed by atoms with E-state index in [9.17, 15) is 9.59 Å². The molecule has 17 heavy (non-hydrogen) atoms. The topological polar surface area (TPSA) is 84.9 Å². The number of rotatable bonds is 3. The molecule has 1 heterocycles. The van der Waals surface area contributed by atoms with Crippen molar-refractivity contribution in [1.29, 1.82) is 0 Å². The van der Waals surface area contributed by atoms with E-state index in [-0.39, 0.29) is 18.1 Å². The molecule has 1 aliphatic heterocycles. The summed E-state index contributed by atoms with van der Waals surface area (Å²) in [5, 5.41) is 11.5. The van der Waals surface area contributed by atoms with E-state index < -0.39 is 18.1 Å². The molecular formula is C11H19NO5. The minimum Gasteiger partial charge on any atom is -0.480 e. The monoisotopic (exact) mass is 245 g/mol. The van der Waals surface area contributed by atoms with Gasteiger partial charge in [-0.25, -0.2) is 9.59 Å². The molecule has 1 aliphatic rings. The van der Waals surface area contributed by atoms with Gasteiger partial charge in [0.15, 0.2) is 0 Å². The van der Waals surface area contributed by atoms with Gasteiger partial charge in [0.1, 0.15) is 6.04 Å². The van der Waals surface area contributed by atoms with Crippen LogP contribution < -0.4 is 5.32 Å². The van der Waals surface area contributed by atoms with Crippen LogP contribution >= 0.6 is 0 Å². The van der Waals surface area contributed by atoms with Crippen molar-refractivity contribution in [3.8, 4) is 0 Å². The zero-order valence-electron chi connectivity index (χ0n) is 10.3. The fourth-order valence-electron chi connectivity index (χ4n) is 2.30. The Labute approximate surface area is 100 Å². The molecule has 0 aromatic heterocycles. The number of hydrogen-bond acceptors (Lipinski definition) is 4. The smallest absolute Gasteiger partial charge is 0.407 e. The molecule has 0 spiro atoms. The van der Waals surface area contributed by atoms with Crippen molar-refractivity contribution in [2.75, 3.05) is 7.11 Å². The maximum absolute atomic E-state index is 11.2. The molecule has 6 nitrogen and oxygen atoms in total. The third-order valence-electron chi connectivity index (χ3n) is 2.93. The average Bonchev–Trinajstić information content (AvgIpc) is 2.23. The lowest BCUT2D eigenvalue weighted by Gasteiger charge is -2.35. The van der Waals surface area contributed by atoms with Crippen LogP contribution in [0.1, 0.15) is 26.7 Å². The second kappa shape index (κ2) is 5.86. The summed E-state index contributed by atoms with van der Waals surface area (Å²) in [5.74, 6) is -1.17. The number of alkyl carbamates (subject to hydrolysis) is 1. The molecule has 0 radical (unpaired) electrons. The van der Waals surface area contributed by atoms with Gasteiger partial charge in [0, 0.05) is 0 Å². The van der Waals surface area contributed by atoms with Crippen LogP contribution in [0.2, 0.25) is 0 Å². The molecule has 0 saturated carbocycles. The fourth-order valence-corrected chi connectivity index (χ4v) is 2.30. The van der Waals surface area contributed by atoms with Gasteiger partial charge in [0.25, 0.3) is 0 Å². The van der Waals surface area contributed by atoms with E-state index in [1.165, 1.54) is 7.11 Å². The van der Waals surface area contributed by atoms with Crippen LogP contribution in [0.5, 0.6) is 0 Å². The molecule has 2 N–H and O–H groups in total. The largest absolute Gasteiger partial charge is 0.480 e. The summed E-state index contributed by atoms with van der Waals surface area (Å²) < 4.78 is 9.97. The van der Waals surface area contributed by atoms with Crippen LogP contribution in [0.3, 0.4) is 0 Å². The molecule has 1 amide bonds. The maximum atomic E-state index is 11.2. The quantitative estimate of drug-likeness (QED) is 0.774. The number of carboxylic acid groups (broad SMARTS) is 1. The number of carboxylic acids is 1. The predicted octanol–water partition coefficient (Wildman–Crippen LogP) is 0.999. The first-order valence-corrected chi connectivity index (χ1v) is 5.66. The van der Waals surface area contributed by atoms with Crippen molar-refractivity contribution in [1.82, 2.24) is 5.32 Å². The SMILES string of the molecule is COC(=O)NC(C(=O)O)C1CC(C)OC(C)C1. The Morgan fingerprint density at radius 1 is 1.35 bits per heavy atom. The zero-order chi connectivity index (χ0) is 13.0. The number of ether oxygens (including phenoxy) is 2. The van der Waals surface area contributed by atoms with Gasteiger partial charge in [-0.1, -0.05) is 0 Å². The second-order valence-electron chi connectivity index (χ2n) is 4.44. The molecule has 3 unspecified atom stereocenters. The summed E-state index contributed by atoms with van der Waals surface area (Å²) in [6.45, 7) is 3.80. The van der Waals surface area contributed by atoms with Crippen LogP contribution in [0.15, 0.2) is 0 Å². The van der Waals surface area contributed by atoms with Gasteiger partial charge in [0.05, 0.1) is 19.3 Å². The number of hydrogen-bond donors (Lipinski definition) is 2. The summed E-state index contributed by atoms with van der Waals surface area (Å²) in [7, 11) is 1.21. The number of carbonyl (C=O) groups excluding carboxylic acids is 1. The summed E-state index contributed by atoms with van der Waals surface area (Å²) >= 11 is 0. The lowest BCUT2D eigenvalue weighted by Crippen LogP contribution is -2.49. The molecule has 1 fully saturated rings. The van der Waals surface area contributed by atoms with Crippen molar-refractivity contribution < 1.29 is 24.2 Å². The molecule has 1 rings (SSSR count). The Balaban J connectivity index is 2.69. The van der Waals surface area contributed by atoms with Gasteiger partial charge < -0.3 is 19.9 Å². The first-order valence-electron chi connectivity index (χ1n) is 5.66. The summed E-state index contributed by atoms with van der Waals surface area (Å²) in [5.41, 5.74) is 0. The number of carbonyl (C=O) groups is 2. The van der Waals surface area contributed by atoms with Crippen LogP contribution in [-0.4, -0.2) is 42.5 Å². The van der Waals surface area contributed by atoms with Crippen LogP contribution in [0, 0.1) is 5.92 Å².